The fraction of sp³-hybridized carbons (Fsp3) is 0.533. The topological polar surface area (TPSA) is 44.8 Å². The van der Waals surface area contributed by atoms with Gasteiger partial charge >= 0.3 is 0 Å². The van der Waals surface area contributed by atoms with Crippen LogP contribution in [0.5, 0.6) is 5.75 Å². The minimum Gasteiger partial charge on any atom is -0.491 e. The van der Waals surface area contributed by atoms with Crippen molar-refractivity contribution in [3.05, 3.63) is 29.8 Å². The first-order valence-corrected chi connectivity index (χ1v) is 6.77. The Bertz CT molecular complexity index is 368. The fourth-order valence-electron chi connectivity index (χ4n) is 2.00. The van der Waals surface area contributed by atoms with E-state index in [4.69, 9.17) is 14.2 Å². The Labute approximate surface area is 113 Å². The van der Waals surface area contributed by atoms with Gasteiger partial charge in [-0.05, 0) is 37.0 Å². The van der Waals surface area contributed by atoms with Crippen LogP contribution in [-0.2, 0) is 20.7 Å². The Morgan fingerprint density at radius 1 is 1.21 bits per heavy atom. The average molecular weight is 264 g/mol. The molecular formula is C15H20O4. The number of benzene rings is 1. The van der Waals surface area contributed by atoms with Crippen molar-refractivity contribution in [2.75, 3.05) is 19.8 Å². The van der Waals surface area contributed by atoms with Crippen molar-refractivity contribution in [1.29, 1.82) is 0 Å². The van der Waals surface area contributed by atoms with E-state index in [1.54, 1.807) is 0 Å². The van der Waals surface area contributed by atoms with E-state index in [1.807, 2.05) is 24.3 Å². The Balaban J connectivity index is 1.63. The minimum atomic E-state index is -0.0627. The minimum absolute atomic E-state index is 0.0627. The van der Waals surface area contributed by atoms with Crippen molar-refractivity contribution in [1.82, 2.24) is 0 Å². The van der Waals surface area contributed by atoms with Crippen molar-refractivity contribution in [3.8, 4) is 5.75 Å². The molecular weight excluding hydrogens is 244 g/mol. The van der Waals surface area contributed by atoms with E-state index in [0.29, 0.717) is 19.6 Å². The van der Waals surface area contributed by atoms with Gasteiger partial charge in [0.15, 0.2) is 6.29 Å². The van der Waals surface area contributed by atoms with Crippen LogP contribution in [0.4, 0.5) is 0 Å². The molecule has 0 aromatic heterocycles. The first kappa shape index (κ1) is 14.0. The second kappa shape index (κ2) is 7.92. The van der Waals surface area contributed by atoms with Crippen molar-refractivity contribution in [2.24, 2.45) is 0 Å². The lowest BCUT2D eigenvalue weighted by Crippen LogP contribution is -2.24. The molecule has 1 fully saturated rings. The molecule has 4 nitrogen and oxygen atoms in total. The Morgan fingerprint density at radius 2 is 2.05 bits per heavy atom. The van der Waals surface area contributed by atoms with Crippen LogP contribution in [0.15, 0.2) is 24.3 Å². The smallest absolute Gasteiger partial charge is 0.157 e. The van der Waals surface area contributed by atoms with E-state index in [9.17, 15) is 4.79 Å². The van der Waals surface area contributed by atoms with Gasteiger partial charge in [0.2, 0.25) is 0 Å². The van der Waals surface area contributed by atoms with Gasteiger partial charge in [-0.2, -0.15) is 0 Å². The first-order valence-electron chi connectivity index (χ1n) is 6.77. The van der Waals surface area contributed by atoms with Crippen LogP contribution in [0.2, 0.25) is 0 Å². The molecule has 1 aliphatic rings. The predicted octanol–water partition coefficient (Wildman–Crippen LogP) is 2.35. The molecule has 1 aliphatic heterocycles. The third kappa shape index (κ3) is 5.01. The molecule has 0 N–H and O–H groups in total. The molecule has 19 heavy (non-hydrogen) atoms. The van der Waals surface area contributed by atoms with Crippen LogP contribution in [0.25, 0.3) is 0 Å². The summed E-state index contributed by atoms with van der Waals surface area (Å²) in [6.45, 7) is 1.83. The van der Waals surface area contributed by atoms with E-state index in [-0.39, 0.29) is 6.29 Å². The number of hydrogen-bond acceptors (Lipinski definition) is 4. The third-order valence-electron chi connectivity index (χ3n) is 3.04. The highest BCUT2D eigenvalue weighted by atomic mass is 16.7. The molecule has 1 aromatic carbocycles. The molecule has 0 spiro atoms. The lowest BCUT2D eigenvalue weighted by atomic mass is 10.2. The molecule has 104 valence electrons. The van der Waals surface area contributed by atoms with Crippen molar-refractivity contribution >= 4 is 6.29 Å². The second-order valence-electron chi connectivity index (χ2n) is 4.53. The van der Waals surface area contributed by atoms with Gasteiger partial charge in [-0.25, -0.2) is 0 Å². The molecule has 1 saturated heterocycles. The van der Waals surface area contributed by atoms with Gasteiger partial charge in [0.1, 0.15) is 18.6 Å². The molecule has 1 heterocycles. The fourth-order valence-corrected chi connectivity index (χ4v) is 2.00. The first-order chi connectivity index (χ1) is 9.38. The zero-order chi connectivity index (χ0) is 13.3. The maximum absolute atomic E-state index is 10.4. The Hall–Kier alpha value is -1.39. The van der Waals surface area contributed by atoms with E-state index in [0.717, 1.165) is 37.0 Å². The maximum atomic E-state index is 10.4. The summed E-state index contributed by atoms with van der Waals surface area (Å²) in [5.41, 5.74) is 0.995. The summed E-state index contributed by atoms with van der Waals surface area (Å²) in [6, 6.07) is 7.54. The number of aldehydes is 1. The van der Waals surface area contributed by atoms with E-state index in [2.05, 4.69) is 0 Å². The SMILES string of the molecule is O=CCc1ccc(OCCOC2CCCCO2)cc1. The Morgan fingerprint density at radius 3 is 2.74 bits per heavy atom. The molecule has 1 aromatic rings. The number of ether oxygens (including phenoxy) is 3. The molecule has 0 bridgehead atoms. The molecule has 0 saturated carbocycles. The van der Waals surface area contributed by atoms with Crippen molar-refractivity contribution in [3.63, 3.8) is 0 Å². The van der Waals surface area contributed by atoms with E-state index in [1.165, 1.54) is 6.42 Å². The van der Waals surface area contributed by atoms with E-state index >= 15 is 0 Å². The number of carbonyl (C=O) groups excluding carboxylic acids is 1. The Kier molecular flexibility index (Phi) is 5.85. The van der Waals surface area contributed by atoms with Gasteiger partial charge in [0, 0.05) is 13.0 Å². The molecule has 0 aliphatic carbocycles. The zero-order valence-electron chi connectivity index (χ0n) is 11.0. The summed E-state index contributed by atoms with van der Waals surface area (Å²) >= 11 is 0. The quantitative estimate of drug-likeness (QED) is 0.560. The monoisotopic (exact) mass is 264 g/mol. The van der Waals surface area contributed by atoms with Crippen LogP contribution >= 0.6 is 0 Å². The van der Waals surface area contributed by atoms with Gasteiger partial charge in [0.25, 0.3) is 0 Å². The number of hydrogen-bond donors (Lipinski definition) is 0. The normalized spacial score (nSPS) is 19.1. The molecule has 1 atom stereocenters. The van der Waals surface area contributed by atoms with Gasteiger partial charge < -0.3 is 19.0 Å². The second-order valence-corrected chi connectivity index (χ2v) is 4.53. The highest BCUT2D eigenvalue weighted by Crippen LogP contribution is 2.14. The lowest BCUT2D eigenvalue weighted by molar-refractivity contribution is -0.165. The summed E-state index contributed by atoms with van der Waals surface area (Å²) in [4.78, 5) is 10.4. The number of carbonyl (C=O) groups is 1. The van der Waals surface area contributed by atoms with E-state index < -0.39 is 0 Å². The summed E-state index contributed by atoms with van der Waals surface area (Å²) in [6.07, 6.45) is 4.55. The molecule has 1 unspecified atom stereocenters. The average Bonchev–Trinajstić information content (AvgIpc) is 2.47. The van der Waals surface area contributed by atoms with Crippen molar-refractivity contribution in [2.45, 2.75) is 32.0 Å². The number of rotatable bonds is 7. The summed E-state index contributed by atoms with van der Waals surface area (Å²) in [5.74, 6) is 0.794. The van der Waals surface area contributed by atoms with Gasteiger partial charge in [-0.1, -0.05) is 12.1 Å². The van der Waals surface area contributed by atoms with Gasteiger partial charge in [0.05, 0.1) is 6.61 Å². The third-order valence-corrected chi connectivity index (χ3v) is 3.04. The molecule has 0 amide bonds. The predicted molar refractivity (Wildman–Crippen MR) is 71.2 cm³/mol. The maximum Gasteiger partial charge on any atom is 0.157 e. The summed E-state index contributed by atoms with van der Waals surface area (Å²) < 4.78 is 16.6. The highest BCUT2D eigenvalue weighted by molar-refractivity contribution is 5.55. The van der Waals surface area contributed by atoms with Crippen LogP contribution in [-0.4, -0.2) is 32.4 Å². The largest absolute Gasteiger partial charge is 0.491 e. The zero-order valence-corrected chi connectivity index (χ0v) is 11.0. The van der Waals surface area contributed by atoms with Crippen LogP contribution in [0.1, 0.15) is 24.8 Å². The molecule has 0 radical (unpaired) electrons. The molecule has 2 rings (SSSR count). The van der Waals surface area contributed by atoms with Gasteiger partial charge in [-0.15, -0.1) is 0 Å². The molecule has 4 heteroatoms. The van der Waals surface area contributed by atoms with Crippen molar-refractivity contribution < 1.29 is 19.0 Å². The van der Waals surface area contributed by atoms with Crippen LogP contribution in [0, 0.1) is 0 Å². The lowest BCUT2D eigenvalue weighted by Gasteiger charge is -2.22. The highest BCUT2D eigenvalue weighted by Gasteiger charge is 2.13. The van der Waals surface area contributed by atoms with Crippen LogP contribution in [0.3, 0.4) is 0 Å². The standard InChI is InChI=1S/C15H20O4/c16-9-8-13-4-6-14(7-5-13)17-11-12-19-15-3-1-2-10-18-15/h4-7,9,15H,1-3,8,10-12H2. The summed E-state index contributed by atoms with van der Waals surface area (Å²) in [7, 11) is 0. The van der Waals surface area contributed by atoms with Gasteiger partial charge in [-0.3, -0.25) is 0 Å². The van der Waals surface area contributed by atoms with Crippen LogP contribution < -0.4 is 4.74 Å². The summed E-state index contributed by atoms with van der Waals surface area (Å²) in [5, 5.41) is 0.